The Morgan fingerprint density at radius 3 is 2.86 bits per heavy atom. The predicted molar refractivity (Wildman–Crippen MR) is 123 cm³/mol. The third-order valence-corrected chi connectivity index (χ3v) is 6.52. The summed E-state index contributed by atoms with van der Waals surface area (Å²) in [5.74, 6) is -0.951. The maximum Gasteiger partial charge on any atom is 0.272 e. The number of nitrogens with zero attached hydrogens (tertiary/aromatic N) is 2. The SMILES string of the molecule is O=C1COc2ccc(CNC(=O)c3ncnc4c(NS(=O)(=O)c5cccc(F)c5)c[nH]c34)cc2N1. The number of H-pyrrole nitrogens is 1. The maximum absolute atomic E-state index is 13.5. The molecule has 13 heteroatoms. The topological polar surface area (TPSA) is 155 Å². The molecule has 35 heavy (non-hydrogen) atoms. The number of fused-ring (bicyclic) bond motifs is 2. The lowest BCUT2D eigenvalue weighted by Gasteiger charge is -2.18. The van der Waals surface area contributed by atoms with Crippen molar-refractivity contribution in [1.29, 1.82) is 0 Å². The molecule has 1 aliphatic rings. The third-order valence-electron chi connectivity index (χ3n) is 5.16. The number of nitrogens with one attached hydrogen (secondary N) is 4. The zero-order valence-electron chi connectivity index (χ0n) is 17.8. The molecule has 0 atom stereocenters. The standard InChI is InChI=1S/C22H17FN6O5S/c23-13-2-1-3-14(7-13)35(32,33)29-16-9-24-20-19(16)26-11-27-21(20)22(31)25-8-12-4-5-17-15(6-12)28-18(30)10-34-17/h1-7,9,11,24,29H,8,10H2,(H,25,31)(H,28,30). The number of carbonyl (C=O) groups excluding carboxylic acids is 2. The molecule has 0 spiro atoms. The lowest BCUT2D eigenvalue weighted by molar-refractivity contribution is -0.118. The van der Waals surface area contributed by atoms with Crippen molar-refractivity contribution in [3.8, 4) is 5.75 Å². The average molecular weight is 496 g/mol. The molecule has 0 saturated carbocycles. The number of amides is 2. The van der Waals surface area contributed by atoms with Crippen molar-refractivity contribution in [1.82, 2.24) is 20.3 Å². The van der Waals surface area contributed by atoms with Crippen LogP contribution in [0.4, 0.5) is 15.8 Å². The second-order valence-electron chi connectivity index (χ2n) is 7.56. The number of ether oxygens (including phenoxy) is 1. The van der Waals surface area contributed by atoms with Crippen molar-refractivity contribution < 1.29 is 27.1 Å². The van der Waals surface area contributed by atoms with Gasteiger partial charge in [0.25, 0.3) is 21.8 Å². The van der Waals surface area contributed by atoms with Gasteiger partial charge in [-0.1, -0.05) is 12.1 Å². The second-order valence-corrected chi connectivity index (χ2v) is 9.24. The van der Waals surface area contributed by atoms with E-state index in [-0.39, 0.29) is 46.4 Å². The van der Waals surface area contributed by atoms with Gasteiger partial charge in [-0.2, -0.15) is 0 Å². The van der Waals surface area contributed by atoms with Crippen LogP contribution in [-0.2, 0) is 21.4 Å². The van der Waals surface area contributed by atoms with Crippen molar-refractivity contribution >= 4 is 44.2 Å². The van der Waals surface area contributed by atoms with Crippen LogP contribution < -0.4 is 20.1 Å². The van der Waals surface area contributed by atoms with E-state index in [4.69, 9.17) is 4.74 Å². The van der Waals surface area contributed by atoms with E-state index in [0.717, 1.165) is 18.5 Å². The first-order valence-corrected chi connectivity index (χ1v) is 11.7. The molecule has 5 rings (SSSR count). The zero-order chi connectivity index (χ0) is 24.6. The quantitative estimate of drug-likeness (QED) is 0.319. The molecule has 2 amide bonds. The minimum absolute atomic E-state index is 0.000740. The Hall–Kier alpha value is -4.52. The fourth-order valence-corrected chi connectivity index (χ4v) is 4.62. The molecule has 178 valence electrons. The fraction of sp³-hybridized carbons (Fsp3) is 0.0909. The summed E-state index contributed by atoms with van der Waals surface area (Å²) < 4.78 is 46.4. The summed E-state index contributed by atoms with van der Waals surface area (Å²) in [6, 6.07) is 9.71. The van der Waals surface area contributed by atoms with Gasteiger partial charge < -0.3 is 20.4 Å². The van der Waals surface area contributed by atoms with Crippen molar-refractivity contribution in [3.05, 3.63) is 72.1 Å². The molecule has 3 heterocycles. The van der Waals surface area contributed by atoms with Gasteiger partial charge in [0, 0.05) is 12.7 Å². The van der Waals surface area contributed by atoms with Gasteiger partial charge in [0.1, 0.15) is 23.4 Å². The molecule has 1 aliphatic heterocycles. The Balaban J connectivity index is 1.35. The number of rotatable bonds is 6. The Labute approximate surface area is 197 Å². The number of sulfonamides is 1. The van der Waals surface area contributed by atoms with Crippen molar-refractivity contribution in [2.45, 2.75) is 11.4 Å². The van der Waals surface area contributed by atoms with Crippen LogP contribution in [0.2, 0.25) is 0 Å². The van der Waals surface area contributed by atoms with Crippen molar-refractivity contribution in [3.63, 3.8) is 0 Å². The largest absolute Gasteiger partial charge is 0.482 e. The Kier molecular flexibility index (Phi) is 5.53. The highest BCUT2D eigenvalue weighted by Gasteiger charge is 2.21. The maximum atomic E-state index is 13.5. The fourth-order valence-electron chi connectivity index (χ4n) is 3.53. The molecule has 0 fully saturated rings. The smallest absolute Gasteiger partial charge is 0.272 e. The summed E-state index contributed by atoms with van der Waals surface area (Å²) >= 11 is 0. The number of benzene rings is 2. The number of hydrogen-bond acceptors (Lipinski definition) is 7. The van der Waals surface area contributed by atoms with Gasteiger partial charge in [0.2, 0.25) is 0 Å². The molecule has 4 aromatic rings. The molecular weight excluding hydrogens is 479 g/mol. The number of halogens is 1. The minimum Gasteiger partial charge on any atom is -0.482 e. The van der Waals surface area contributed by atoms with Crippen LogP contribution in [0, 0.1) is 5.82 Å². The summed E-state index contributed by atoms with van der Waals surface area (Å²) in [6.45, 7) is 0.0799. The average Bonchev–Trinajstić information content (AvgIpc) is 3.24. The van der Waals surface area contributed by atoms with Crippen LogP contribution in [0.15, 0.2) is 59.9 Å². The van der Waals surface area contributed by atoms with E-state index in [0.29, 0.717) is 17.0 Å². The molecule has 2 aromatic heterocycles. The molecule has 0 aliphatic carbocycles. The molecule has 0 radical (unpaired) electrons. The minimum atomic E-state index is -4.10. The van der Waals surface area contributed by atoms with Crippen molar-refractivity contribution in [2.75, 3.05) is 16.6 Å². The van der Waals surface area contributed by atoms with Gasteiger partial charge in [-0.15, -0.1) is 0 Å². The van der Waals surface area contributed by atoms with Crippen LogP contribution in [0.3, 0.4) is 0 Å². The van der Waals surface area contributed by atoms with Crippen LogP contribution in [0.5, 0.6) is 5.75 Å². The number of aromatic nitrogens is 3. The summed E-state index contributed by atoms with van der Waals surface area (Å²) in [5, 5.41) is 5.43. The van der Waals surface area contributed by atoms with Crippen LogP contribution >= 0.6 is 0 Å². The first-order valence-electron chi connectivity index (χ1n) is 10.2. The molecule has 0 bridgehead atoms. The first kappa shape index (κ1) is 22.3. The summed E-state index contributed by atoms with van der Waals surface area (Å²) in [7, 11) is -4.10. The van der Waals surface area contributed by atoms with Crippen LogP contribution in [-0.4, -0.2) is 41.8 Å². The number of hydrogen-bond donors (Lipinski definition) is 4. The van der Waals surface area contributed by atoms with E-state index >= 15 is 0 Å². The second kappa shape index (κ2) is 8.68. The van der Waals surface area contributed by atoms with Crippen molar-refractivity contribution in [2.24, 2.45) is 0 Å². The Morgan fingerprint density at radius 1 is 1.17 bits per heavy atom. The zero-order valence-corrected chi connectivity index (χ0v) is 18.6. The number of aromatic amines is 1. The third kappa shape index (κ3) is 4.48. The van der Waals surface area contributed by atoms with E-state index < -0.39 is 21.7 Å². The molecule has 11 nitrogen and oxygen atoms in total. The predicted octanol–water partition coefficient (Wildman–Crippen LogP) is 2.16. The summed E-state index contributed by atoms with van der Waals surface area (Å²) in [5.41, 5.74) is 1.68. The van der Waals surface area contributed by atoms with Crippen LogP contribution in [0.1, 0.15) is 16.1 Å². The molecule has 0 unspecified atom stereocenters. The van der Waals surface area contributed by atoms with Gasteiger partial charge in [0.15, 0.2) is 12.3 Å². The number of carbonyl (C=O) groups is 2. The van der Waals surface area contributed by atoms with Gasteiger partial charge in [0.05, 0.1) is 21.8 Å². The normalized spacial score (nSPS) is 13.0. The summed E-state index contributed by atoms with van der Waals surface area (Å²) in [6.07, 6.45) is 2.47. The summed E-state index contributed by atoms with van der Waals surface area (Å²) in [4.78, 5) is 35.0. The number of anilines is 2. The molecule has 2 aromatic carbocycles. The lowest BCUT2D eigenvalue weighted by Crippen LogP contribution is -2.26. The van der Waals surface area contributed by atoms with Gasteiger partial charge in [-0.05, 0) is 35.9 Å². The van der Waals surface area contributed by atoms with Gasteiger partial charge >= 0.3 is 0 Å². The monoisotopic (exact) mass is 496 g/mol. The Morgan fingerprint density at radius 2 is 2.03 bits per heavy atom. The van der Waals surface area contributed by atoms with E-state index in [1.807, 2.05) is 0 Å². The highest BCUT2D eigenvalue weighted by atomic mass is 32.2. The highest BCUT2D eigenvalue weighted by Crippen LogP contribution is 2.29. The van der Waals surface area contributed by atoms with E-state index in [2.05, 4.69) is 30.3 Å². The molecule has 0 saturated heterocycles. The van der Waals surface area contributed by atoms with E-state index in [9.17, 15) is 22.4 Å². The molecule has 4 N–H and O–H groups in total. The first-order chi connectivity index (χ1) is 16.8. The van der Waals surface area contributed by atoms with E-state index in [1.54, 1.807) is 18.2 Å². The Bertz CT molecular complexity index is 1590. The lowest BCUT2D eigenvalue weighted by atomic mass is 10.1. The van der Waals surface area contributed by atoms with E-state index in [1.165, 1.54) is 18.3 Å². The van der Waals surface area contributed by atoms with Crippen LogP contribution in [0.25, 0.3) is 11.0 Å². The van der Waals surface area contributed by atoms with Gasteiger partial charge in [-0.3, -0.25) is 14.3 Å². The van der Waals surface area contributed by atoms with Gasteiger partial charge in [-0.25, -0.2) is 22.8 Å². The molecular formula is C22H17FN6O5S. The highest BCUT2D eigenvalue weighted by molar-refractivity contribution is 7.92.